The van der Waals surface area contributed by atoms with Crippen molar-refractivity contribution in [1.29, 1.82) is 0 Å². The molecule has 4 N–H and O–H groups in total. The van der Waals surface area contributed by atoms with Crippen molar-refractivity contribution in [1.82, 2.24) is 15.1 Å². The van der Waals surface area contributed by atoms with E-state index in [1.54, 1.807) is 56.1 Å². The molecule has 0 bridgehead atoms. The Bertz CT molecular complexity index is 1310. The van der Waals surface area contributed by atoms with Crippen LogP contribution < -0.4 is 20.7 Å². The molecule has 0 aliphatic carbocycles. The predicted octanol–water partition coefficient (Wildman–Crippen LogP) is 5.49. The van der Waals surface area contributed by atoms with E-state index >= 15 is 0 Å². The molecule has 228 valence electrons. The highest BCUT2D eigenvalue weighted by molar-refractivity contribution is 6.20. The molecular formula is C31H44N6O5. The zero-order valence-corrected chi connectivity index (χ0v) is 25.7. The summed E-state index contributed by atoms with van der Waals surface area (Å²) in [4.78, 5) is 38.8. The minimum Gasteiger partial charge on any atom is -0.482 e. The molecule has 0 saturated heterocycles. The lowest BCUT2D eigenvalue weighted by molar-refractivity contribution is -0.139. The van der Waals surface area contributed by atoms with Crippen molar-refractivity contribution in [2.24, 2.45) is 18.0 Å². The van der Waals surface area contributed by atoms with Crippen LogP contribution in [0.3, 0.4) is 0 Å². The van der Waals surface area contributed by atoms with Crippen LogP contribution in [-0.2, 0) is 28.0 Å². The first-order valence-corrected chi connectivity index (χ1v) is 13.9. The molecule has 0 saturated carbocycles. The monoisotopic (exact) mass is 580 g/mol. The van der Waals surface area contributed by atoms with Gasteiger partial charge in [0, 0.05) is 26.4 Å². The van der Waals surface area contributed by atoms with E-state index in [4.69, 9.17) is 9.84 Å². The molecule has 3 rings (SSSR count). The van der Waals surface area contributed by atoms with Crippen LogP contribution in [0.1, 0.15) is 59.2 Å². The van der Waals surface area contributed by atoms with Crippen molar-refractivity contribution in [2.45, 2.75) is 54.5 Å². The number of fused-ring (bicyclic) bond motifs is 1. The fraction of sp³-hybridized carbons (Fsp3) is 0.387. The molecule has 0 fully saturated rings. The quantitative estimate of drug-likeness (QED) is 0.119. The van der Waals surface area contributed by atoms with E-state index in [9.17, 15) is 14.4 Å². The van der Waals surface area contributed by atoms with Crippen LogP contribution in [0.4, 0.5) is 17.2 Å². The lowest BCUT2D eigenvalue weighted by Crippen LogP contribution is -2.26. The van der Waals surface area contributed by atoms with Crippen molar-refractivity contribution < 1.29 is 24.2 Å². The number of benzene rings is 1. The molecule has 1 aliphatic rings. The van der Waals surface area contributed by atoms with Crippen molar-refractivity contribution in [3.8, 4) is 5.75 Å². The summed E-state index contributed by atoms with van der Waals surface area (Å²) in [6.07, 6.45) is 9.94. The molecular weight excluding hydrogens is 536 g/mol. The molecule has 42 heavy (non-hydrogen) atoms. The molecule has 1 aromatic heterocycles. The van der Waals surface area contributed by atoms with E-state index in [1.165, 1.54) is 0 Å². The van der Waals surface area contributed by atoms with Crippen molar-refractivity contribution in [2.75, 3.05) is 23.8 Å². The molecule has 1 unspecified atom stereocenters. The summed E-state index contributed by atoms with van der Waals surface area (Å²) < 4.78 is 6.96. The Balaban J connectivity index is 0.000000762. The number of amides is 2. The highest BCUT2D eigenvalue weighted by Gasteiger charge is 2.22. The largest absolute Gasteiger partial charge is 0.482 e. The fourth-order valence-corrected chi connectivity index (χ4v) is 3.67. The maximum Gasteiger partial charge on any atom is 0.310 e. The first kappa shape index (κ1) is 35.4. The number of nitrogens with zero attached hydrogens (tertiary/aromatic N) is 3. The Morgan fingerprint density at radius 2 is 1.98 bits per heavy atom. The van der Waals surface area contributed by atoms with Crippen molar-refractivity contribution in [3.05, 3.63) is 60.3 Å². The summed E-state index contributed by atoms with van der Waals surface area (Å²) in [7, 11) is 1.76. The van der Waals surface area contributed by atoms with Crippen molar-refractivity contribution in [3.63, 3.8) is 0 Å². The number of rotatable bonds is 11. The zero-order chi connectivity index (χ0) is 31.7. The van der Waals surface area contributed by atoms with Gasteiger partial charge >= 0.3 is 5.97 Å². The van der Waals surface area contributed by atoms with Gasteiger partial charge in [0.05, 0.1) is 17.2 Å². The topological polar surface area (TPSA) is 147 Å². The lowest BCUT2D eigenvalue weighted by atomic mass is 10.1. The summed E-state index contributed by atoms with van der Waals surface area (Å²) in [5, 5.41) is 21.6. The average molecular weight is 581 g/mol. The number of anilines is 2. The van der Waals surface area contributed by atoms with Gasteiger partial charge in [0.1, 0.15) is 17.1 Å². The summed E-state index contributed by atoms with van der Waals surface area (Å²) >= 11 is 0. The first-order chi connectivity index (χ1) is 20.1. The third-order valence-electron chi connectivity index (χ3n) is 5.68. The predicted molar refractivity (Wildman–Crippen MR) is 169 cm³/mol. The Morgan fingerprint density at radius 1 is 1.26 bits per heavy atom. The maximum atomic E-state index is 12.8. The molecule has 11 heteroatoms. The normalized spacial score (nSPS) is 12.8. The summed E-state index contributed by atoms with van der Waals surface area (Å²) in [6.45, 7) is 16.2. The summed E-state index contributed by atoms with van der Waals surface area (Å²) in [6, 6.07) is 5.38. The number of hydrogen-bond acceptors (Lipinski definition) is 7. The molecule has 2 aromatic rings. The summed E-state index contributed by atoms with van der Waals surface area (Å²) in [5.74, 6) is -0.454. The molecule has 1 atom stereocenters. The van der Waals surface area contributed by atoms with Gasteiger partial charge in [-0.3, -0.25) is 24.1 Å². The standard InChI is InChI=1S/C23H28N6O3.C6H10O2.C2H6/c1-5-7-8-11-25-22-20(24-6-2)21(29(4)28-22)15(3)23(31)26-13-16-9-10-18-17(12-16)27-19(30)14-32-18;1-3-4-5(2)6(7)8;1-2/h5-7,9-10,12H,3,8,11,13-14H2,1-2,4H3,(H,25,28)(H,26,31)(H,27,30);3-5H,1-2H3,(H,7,8);1-2H3/b7-5+,24-6?;4-3-;. The second-order valence-electron chi connectivity index (χ2n) is 8.82. The van der Waals surface area contributed by atoms with Gasteiger partial charge in [-0.2, -0.15) is 5.10 Å². The number of hydrogen-bond donors (Lipinski definition) is 4. The van der Waals surface area contributed by atoms with Gasteiger partial charge in [-0.1, -0.05) is 50.8 Å². The number of aryl methyl sites for hydroxylation is 1. The molecule has 11 nitrogen and oxygen atoms in total. The van der Waals surface area contributed by atoms with Gasteiger partial charge in [-0.15, -0.1) is 0 Å². The number of carbonyl (C=O) groups excluding carboxylic acids is 2. The second kappa shape index (κ2) is 18.6. The number of ether oxygens (including phenoxy) is 1. The van der Waals surface area contributed by atoms with Crippen molar-refractivity contribution >= 4 is 46.8 Å². The van der Waals surface area contributed by atoms with E-state index in [0.29, 0.717) is 35.2 Å². The van der Waals surface area contributed by atoms with Crippen LogP contribution in [0, 0.1) is 5.92 Å². The number of aliphatic imine (C=N–C) groups is 1. The Kier molecular flexibility index (Phi) is 15.7. The highest BCUT2D eigenvalue weighted by atomic mass is 16.5. The number of allylic oxidation sites excluding steroid dienone is 2. The second-order valence-corrected chi connectivity index (χ2v) is 8.82. The number of carboxylic acids is 1. The Morgan fingerprint density at radius 3 is 2.57 bits per heavy atom. The van der Waals surface area contributed by atoms with Crippen LogP contribution in [0.5, 0.6) is 5.75 Å². The minimum atomic E-state index is -0.775. The molecule has 1 aromatic carbocycles. The molecule has 0 radical (unpaired) electrons. The number of aromatic nitrogens is 2. The van der Waals surface area contributed by atoms with Crippen LogP contribution in [0.15, 0.2) is 54.1 Å². The van der Waals surface area contributed by atoms with E-state index in [2.05, 4.69) is 38.7 Å². The fourth-order valence-electron chi connectivity index (χ4n) is 3.67. The Labute approximate surface area is 248 Å². The number of carbonyl (C=O) groups is 3. The average Bonchev–Trinajstić information content (AvgIpc) is 3.29. The highest BCUT2D eigenvalue weighted by Crippen LogP contribution is 2.33. The summed E-state index contributed by atoms with van der Waals surface area (Å²) in [5.41, 5.74) is 2.78. The third kappa shape index (κ3) is 10.7. The van der Waals surface area contributed by atoms with Gasteiger partial charge in [0.2, 0.25) is 0 Å². The van der Waals surface area contributed by atoms with Gasteiger partial charge in [-0.25, -0.2) is 0 Å². The van der Waals surface area contributed by atoms with E-state index in [1.807, 2.05) is 39.8 Å². The molecule has 2 amide bonds. The first-order valence-electron chi connectivity index (χ1n) is 13.9. The molecule has 0 spiro atoms. The number of aliphatic carboxylic acids is 1. The van der Waals surface area contributed by atoms with Gasteiger partial charge in [0.15, 0.2) is 12.4 Å². The van der Waals surface area contributed by atoms with E-state index in [-0.39, 0.29) is 36.5 Å². The van der Waals surface area contributed by atoms with Gasteiger partial charge in [0.25, 0.3) is 11.8 Å². The van der Waals surface area contributed by atoms with E-state index in [0.717, 1.165) is 12.0 Å². The van der Waals surface area contributed by atoms with Crippen LogP contribution >= 0.6 is 0 Å². The third-order valence-corrected chi connectivity index (χ3v) is 5.68. The van der Waals surface area contributed by atoms with Crippen LogP contribution in [-0.4, -0.2) is 52.0 Å². The molecule has 2 heterocycles. The van der Waals surface area contributed by atoms with Crippen LogP contribution in [0.2, 0.25) is 0 Å². The van der Waals surface area contributed by atoms with Crippen LogP contribution in [0.25, 0.3) is 5.57 Å². The number of carboxylic acid groups (broad SMARTS) is 1. The molecule has 1 aliphatic heterocycles. The minimum absolute atomic E-state index is 0.00231. The maximum absolute atomic E-state index is 12.8. The Hall–Kier alpha value is -4.67. The lowest BCUT2D eigenvalue weighted by Gasteiger charge is -2.18. The van der Waals surface area contributed by atoms with Gasteiger partial charge in [-0.05, 0) is 51.8 Å². The smallest absolute Gasteiger partial charge is 0.310 e. The number of nitrogens with one attached hydrogen (secondary N) is 3. The zero-order valence-electron chi connectivity index (χ0n) is 25.7. The SMILES string of the molecule is C/C=C\C(C)C(=O)O.C=C(C(=O)NCc1ccc2c(c1)NC(=O)CO2)c1c(N=CC)c(NCC/C=C/C)nn1C.CC. The van der Waals surface area contributed by atoms with E-state index < -0.39 is 5.97 Å². The van der Waals surface area contributed by atoms with Gasteiger partial charge < -0.3 is 25.8 Å².